The van der Waals surface area contributed by atoms with Gasteiger partial charge in [-0.3, -0.25) is 4.79 Å². The molecule has 0 saturated heterocycles. The van der Waals surface area contributed by atoms with Gasteiger partial charge in [-0.1, -0.05) is 55.5 Å². The van der Waals surface area contributed by atoms with Crippen LogP contribution in [0.2, 0.25) is 0 Å². The summed E-state index contributed by atoms with van der Waals surface area (Å²) < 4.78 is 0. The van der Waals surface area contributed by atoms with E-state index in [9.17, 15) is 9.90 Å². The van der Waals surface area contributed by atoms with Gasteiger partial charge in [-0.05, 0) is 28.7 Å². The Kier molecular flexibility index (Phi) is 4.25. The molecule has 1 amide bonds. The molecule has 0 radical (unpaired) electrons. The van der Waals surface area contributed by atoms with E-state index in [2.05, 4.69) is 24.4 Å². The van der Waals surface area contributed by atoms with Gasteiger partial charge >= 0.3 is 0 Å². The van der Waals surface area contributed by atoms with Crippen molar-refractivity contribution < 1.29 is 9.90 Å². The van der Waals surface area contributed by atoms with Crippen LogP contribution in [0.4, 0.5) is 0 Å². The van der Waals surface area contributed by atoms with Gasteiger partial charge in [0.05, 0.1) is 18.6 Å². The highest BCUT2D eigenvalue weighted by atomic mass is 16.3. The third-order valence-corrected chi connectivity index (χ3v) is 4.32. The predicted molar refractivity (Wildman–Crippen MR) is 86.6 cm³/mol. The smallest absolute Gasteiger partial charge is 0.224 e. The van der Waals surface area contributed by atoms with Gasteiger partial charge in [0.15, 0.2) is 0 Å². The molecule has 0 aliphatic heterocycles. The number of carbonyl (C=O) groups is 1. The van der Waals surface area contributed by atoms with Crippen molar-refractivity contribution in [3.05, 3.63) is 70.8 Å². The third kappa shape index (κ3) is 3.04. The van der Waals surface area contributed by atoms with Gasteiger partial charge in [0.25, 0.3) is 0 Å². The second kappa shape index (κ2) is 6.32. The summed E-state index contributed by atoms with van der Waals surface area (Å²) in [6.07, 6.45) is 1.41. The molecule has 0 aromatic heterocycles. The number of fused-ring (bicyclic) bond motifs is 1. The average Bonchev–Trinajstić information content (AvgIpc) is 2.84. The summed E-state index contributed by atoms with van der Waals surface area (Å²) in [6.45, 7) is 2.11. The third-order valence-electron chi connectivity index (χ3n) is 4.32. The molecular weight excluding hydrogens is 274 g/mol. The van der Waals surface area contributed by atoms with Crippen LogP contribution in [0.3, 0.4) is 0 Å². The number of aryl methyl sites for hydroxylation is 1. The minimum atomic E-state index is -0.538. The van der Waals surface area contributed by atoms with Crippen molar-refractivity contribution in [2.75, 3.05) is 0 Å². The Bertz CT molecular complexity index is 663. The van der Waals surface area contributed by atoms with E-state index in [-0.39, 0.29) is 11.9 Å². The van der Waals surface area contributed by atoms with Gasteiger partial charge in [-0.15, -0.1) is 0 Å². The van der Waals surface area contributed by atoms with Gasteiger partial charge in [-0.25, -0.2) is 0 Å². The van der Waals surface area contributed by atoms with E-state index < -0.39 is 6.10 Å². The normalized spacial score (nSPS) is 19.7. The molecule has 3 nitrogen and oxygen atoms in total. The van der Waals surface area contributed by atoms with Crippen LogP contribution in [0.1, 0.15) is 35.2 Å². The van der Waals surface area contributed by atoms with Crippen molar-refractivity contribution in [2.24, 2.45) is 0 Å². The first kappa shape index (κ1) is 14.8. The van der Waals surface area contributed by atoms with Crippen molar-refractivity contribution in [2.45, 2.75) is 38.3 Å². The lowest BCUT2D eigenvalue weighted by Crippen LogP contribution is -2.34. The molecule has 3 rings (SSSR count). The van der Waals surface area contributed by atoms with Crippen LogP contribution in [0.15, 0.2) is 48.5 Å². The molecule has 0 bridgehead atoms. The van der Waals surface area contributed by atoms with Crippen molar-refractivity contribution in [1.82, 2.24) is 5.32 Å². The number of nitrogens with one attached hydrogen (secondary N) is 1. The predicted octanol–water partition coefficient (Wildman–Crippen LogP) is 2.57. The maximum Gasteiger partial charge on any atom is 0.224 e. The molecule has 3 heteroatoms. The largest absolute Gasteiger partial charge is 0.390 e. The van der Waals surface area contributed by atoms with E-state index >= 15 is 0 Å². The van der Waals surface area contributed by atoms with Gasteiger partial charge in [0.2, 0.25) is 5.91 Å². The van der Waals surface area contributed by atoms with E-state index in [0.717, 1.165) is 23.1 Å². The molecule has 2 atom stereocenters. The lowest BCUT2D eigenvalue weighted by molar-refractivity contribution is -0.121. The Morgan fingerprint density at radius 3 is 2.55 bits per heavy atom. The topological polar surface area (TPSA) is 49.3 Å². The molecule has 0 saturated carbocycles. The minimum absolute atomic E-state index is 0.0509. The maximum atomic E-state index is 12.3. The first-order valence-corrected chi connectivity index (χ1v) is 7.80. The average molecular weight is 295 g/mol. The molecule has 2 N–H and O–H groups in total. The molecule has 2 aromatic carbocycles. The summed E-state index contributed by atoms with van der Waals surface area (Å²) in [5.74, 6) is -0.0509. The van der Waals surface area contributed by atoms with Crippen LogP contribution in [-0.2, 0) is 24.1 Å². The monoisotopic (exact) mass is 295 g/mol. The Morgan fingerprint density at radius 2 is 1.82 bits per heavy atom. The Balaban J connectivity index is 1.66. The van der Waals surface area contributed by atoms with Gasteiger partial charge in [0, 0.05) is 6.42 Å². The molecule has 114 valence electrons. The molecule has 0 heterocycles. The Labute approximate surface area is 131 Å². The Morgan fingerprint density at radius 1 is 1.14 bits per heavy atom. The number of carbonyl (C=O) groups excluding carboxylic acids is 1. The lowest BCUT2D eigenvalue weighted by Gasteiger charge is -2.18. The first-order valence-electron chi connectivity index (χ1n) is 7.80. The molecule has 0 fully saturated rings. The van der Waals surface area contributed by atoms with E-state index in [1.54, 1.807) is 0 Å². The molecule has 1 aliphatic carbocycles. The maximum absolute atomic E-state index is 12.3. The molecule has 1 aliphatic rings. The van der Waals surface area contributed by atoms with E-state index in [1.807, 2.05) is 36.4 Å². The molecule has 22 heavy (non-hydrogen) atoms. The fourth-order valence-corrected chi connectivity index (χ4v) is 3.05. The fraction of sp³-hybridized carbons (Fsp3) is 0.316. The van der Waals surface area contributed by atoms with Crippen LogP contribution in [0, 0.1) is 0 Å². The summed E-state index contributed by atoms with van der Waals surface area (Å²) >= 11 is 0. The van der Waals surface area contributed by atoms with Gasteiger partial charge in [-0.2, -0.15) is 0 Å². The summed E-state index contributed by atoms with van der Waals surface area (Å²) in [7, 11) is 0. The highest BCUT2D eigenvalue weighted by Gasteiger charge is 2.31. The van der Waals surface area contributed by atoms with E-state index in [4.69, 9.17) is 0 Å². The zero-order valence-corrected chi connectivity index (χ0v) is 12.8. The summed E-state index contributed by atoms with van der Waals surface area (Å²) in [5, 5.41) is 13.2. The summed E-state index contributed by atoms with van der Waals surface area (Å²) in [5.41, 5.74) is 4.41. The molecule has 2 unspecified atom stereocenters. The van der Waals surface area contributed by atoms with Crippen LogP contribution in [0.25, 0.3) is 0 Å². The van der Waals surface area contributed by atoms with Crippen LogP contribution in [0.5, 0.6) is 0 Å². The molecule has 0 spiro atoms. The van der Waals surface area contributed by atoms with E-state index in [1.165, 1.54) is 5.56 Å². The minimum Gasteiger partial charge on any atom is -0.390 e. The number of aliphatic hydroxyl groups is 1. The van der Waals surface area contributed by atoms with Gasteiger partial charge in [0.1, 0.15) is 0 Å². The molecular formula is C19H21NO2. The number of rotatable bonds is 4. The first-order chi connectivity index (χ1) is 10.7. The van der Waals surface area contributed by atoms with Crippen molar-refractivity contribution in [3.63, 3.8) is 0 Å². The number of aliphatic hydroxyl groups excluding tert-OH is 1. The summed E-state index contributed by atoms with van der Waals surface area (Å²) in [4.78, 5) is 12.3. The van der Waals surface area contributed by atoms with Crippen LogP contribution >= 0.6 is 0 Å². The van der Waals surface area contributed by atoms with Crippen LogP contribution < -0.4 is 5.32 Å². The van der Waals surface area contributed by atoms with Gasteiger partial charge < -0.3 is 10.4 Å². The number of amides is 1. The van der Waals surface area contributed by atoms with E-state index in [0.29, 0.717) is 12.8 Å². The zero-order valence-electron chi connectivity index (χ0n) is 12.8. The van der Waals surface area contributed by atoms with Crippen molar-refractivity contribution in [3.8, 4) is 0 Å². The second-order valence-electron chi connectivity index (χ2n) is 5.86. The summed E-state index contributed by atoms with van der Waals surface area (Å²) in [6, 6.07) is 15.7. The van der Waals surface area contributed by atoms with Crippen LogP contribution in [-0.4, -0.2) is 17.1 Å². The Hall–Kier alpha value is -2.13. The second-order valence-corrected chi connectivity index (χ2v) is 5.86. The highest BCUT2D eigenvalue weighted by Crippen LogP contribution is 2.31. The standard InChI is InChI=1S/C19H21NO2/c1-2-13-7-9-14(10-8-13)11-18(22)20-19-16-6-4-3-5-15(16)12-17(19)21/h3-10,17,19,21H,2,11-12H2,1H3,(H,20,22). The number of hydrogen-bond donors (Lipinski definition) is 2. The lowest BCUT2D eigenvalue weighted by atomic mass is 10.1. The quantitative estimate of drug-likeness (QED) is 0.911. The highest BCUT2D eigenvalue weighted by molar-refractivity contribution is 5.79. The fourth-order valence-electron chi connectivity index (χ4n) is 3.05. The number of hydrogen-bond acceptors (Lipinski definition) is 2. The van der Waals surface area contributed by atoms with Crippen molar-refractivity contribution >= 4 is 5.91 Å². The number of benzene rings is 2. The van der Waals surface area contributed by atoms with Crippen molar-refractivity contribution in [1.29, 1.82) is 0 Å². The zero-order chi connectivity index (χ0) is 15.5. The molecule has 2 aromatic rings. The SMILES string of the molecule is CCc1ccc(CC(=O)NC2c3ccccc3CC2O)cc1.